The summed E-state index contributed by atoms with van der Waals surface area (Å²) in [4.78, 5) is 27.0. The van der Waals surface area contributed by atoms with E-state index in [0.29, 0.717) is 19.6 Å². The molecule has 0 unspecified atom stereocenters. The van der Waals surface area contributed by atoms with Crippen molar-refractivity contribution in [3.8, 4) is 5.75 Å². The molecular formula is C25H34N2O4. The standard InChI is InChI=1S/C25H34N2O4/c1-6-20-9-7-8-10-22(20)23(28)18-27(16-15-26-24(29)31-25(2,3)4)17-19-11-13-21(30-5)14-12-19/h7-14H,6,15-18H2,1-5H3,(H,26,29). The number of alkyl carbamates (subject to hydrolysis) is 1. The lowest BCUT2D eigenvalue weighted by molar-refractivity contribution is 0.0522. The first kappa shape index (κ1) is 24.4. The van der Waals surface area contributed by atoms with Gasteiger partial charge in [-0.2, -0.15) is 0 Å². The Balaban J connectivity index is 2.07. The third kappa shape index (κ3) is 8.42. The normalized spacial score (nSPS) is 11.3. The van der Waals surface area contributed by atoms with Gasteiger partial charge in [0.25, 0.3) is 0 Å². The van der Waals surface area contributed by atoms with Crippen LogP contribution in [0.5, 0.6) is 5.75 Å². The van der Waals surface area contributed by atoms with Crippen LogP contribution >= 0.6 is 0 Å². The van der Waals surface area contributed by atoms with E-state index in [2.05, 4.69) is 5.32 Å². The average molecular weight is 427 g/mol. The monoisotopic (exact) mass is 426 g/mol. The fourth-order valence-corrected chi connectivity index (χ4v) is 3.22. The molecule has 1 amide bonds. The first-order valence-corrected chi connectivity index (χ1v) is 10.6. The zero-order chi connectivity index (χ0) is 22.9. The highest BCUT2D eigenvalue weighted by molar-refractivity contribution is 5.99. The molecule has 6 heteroatoms. The second-order valence-corrected chi connectivity index (χ2v) is 8.42. The number of nitrogens with one attached hydrogen (secondary N) is 1. The number of Topliss-reactive ketones (excluding diaryl/α,β-unsaturated/α-hetero) is 1. The molecule has 2 aromatic rings. The van der Waals surface area contributed by atoms with Gasteiger partial charge in [-0.1, -0.05) is 43.3 Å². The third-order valence-electron chi connectivity index (χ3n) is 4.73. The van der Waals surface area contributed by atoms with Crippen molar-refractivity contribution in [1.82, 2.24) is 10.2 Å². The summed E-state index contributed by atoms with van der Waals surface area (Å²) < 4.78 is 10.5. The number of benzene rings is 2. The SMILES string of the molecule is CCc1ccccc1C(=O)CN(CCNC(=O)OC(C)(C)C)Cc1ccc(OC)cc1. The zero-order valence-corrected chi connectivity index (χ0v) is 19.2. The summed E-state index contributed by atoms with van der Waals surface area (Å²) >= 11 is 0. The Labute approximate surface area is 185 Å². The van der Waals surface area contributed by atoms with Gasteiger partial charge in [-0.25, -0.2) is 4.79 Å². The van der Waals surface area contributed by atoms with Gasteiger partial charge in [-0.15, -0.1) is 0 Å². The molecule has 6 nitrogen and oxygen atoms in total. The molecule has 0 saturated carbocycles. The van der Waals surface area contributed by atoms with Crippen LogP contribution in [0.4, 0.5) is 4.79 Å². The number of ether oxygens (including phenoxy) is 2. The molecule has 0 heterocycles. The predicted octanol–water partition coefficient (Wildman–Crippen LogP) is 4.47. The van der Waals surface area contributed by atoms with Crippen molar-refractivity contribution in [2.45, 2.75) is 46.3 Å². The minimum atomic E-state index is -0.549. The fraction of sp³-hybridized carbons (Fsp3) is 0.440. The van der Waals surface area contributed by atoms with E-state index in [-0.39, 0.29) is 12.3 Å². The number of carbonyl (C=O) groups excluding carboxylic acids is 2. The maximum atomic E-state index is 13.0. The molecule has 1 N–H and O–H groups in total. The Morgan fingerprint density at radius 3 is 2.32 bits per heavy atom. The van der Waals surface area contributed by atoms with Crippen LogP contribution in [0.1, 0.15) is 49.2 Å². The molecule has 0 aliphatic rings. The van der Waals surface area contributed by atoms with E-state index < -0.39 is 11.7 Å². The van der Waals surface area contributed by atoms with Gasteiger partial charge in [0.2, 0.25) is 0 Å². The lowest BCUT2D eigenvalue weighted by Gasteiger charge is -2.24. The van der Waals surface area contributed by atoms with Gasteiger partial charge in [0, 0.05) is 25.2 Å². The van der Waals surface area contributed by atoms with Crippen molar-refractivity contribution >= 4 is 11.9 Å². The summed E-state index contributed by atoms with van der Waals surface area (Å²) in [6.07, 6.45) is 0.347. The van der Waals surface area contributed by atoms with Gasteiger partial charge in [0.05, 0.1) is 13.7 Å². The topological polar surface area (TPSA) is 67.9 Å². The Kier molecular flexibility index (Phi) is 9.06. The van der Waals surface area contributed by atoms with Gasteiger partial charge < -0.3 is 14.8 Å². The number of hydrogen-bond acceptors (Lipinski definition) is 5. The van der Waals surface area contributed by atoms with Crippen LogP contribution in [0.3, 0.4) is 0 Å². The average Bonchev–Trinajstić information content (AvgIpc) is 2.72. The number of hydrogen-bond donors (Lipinski definition) is 1. The van der Waals surface area contributed by atoms with E-state index >= 15 is 0 Å². The minimum Gasteiger partial charge on any atom is -0.497 e. The predicted molar refractivity (Wildman–Crippen MR) is 123 cm³/mol. The smallest absolute Gasteiger partial charge is 0.407 e. The van der Waals surface area contributed by atoms with Crippen LogP contribution in [-0.4, -0.2) is 49.1 Å². The summed E-state index contributed by atoms with van der Waals surface area (Å²) in [5.41, 5.74) is 2.32. The molecule has 0 fully saturated rings. The van der Waals surface area contributed by atoms with E-state index in [1.165, 1.54) is 0 Å². The second kappa shape index (κ2) is 11.5. The van der Waals surface area contributed by atoms with Gasteiger partial charge in [-0.3, -0.25) is 9.69 Å². The third-order valence-corrected chi connectivity index (χ3v) is 4.73. The van der Waals surface area contributed by atoms with Crippen LogP contribution in [0.2, 0.25) is 0 Å². The largest absolute Gasteiger partial charge is 0.497 e. The molecule has 0 atom stereocenters. The Morgan fingerprint density at radius 1 is 1.03 bits per heavy atom. The molecule has 31 heavy (non-hydrogen) atoms. The van der Waals surface area contributed by atoms with Crippen LogP contribution in [0.25, 0.3) is 0 Å². The molecule has 0 aromatic heterocycles. The number of carbonyl (C=O) groups is 2. The second-order valence-electron chi connectivity index (χ2n) is 8.42. The summed E-state index contributed by atoms with van der Waals surface area (Å²) in [5.74, 6) is 0.859. The highest BCUT2D eigenvalue weighted by Crippen LogP contribution is 2.15. The summed E-state index contributed by atoms with van der Waals surface area (Å²) in [7, 11) is 1.63. The number of aryl methyl sites for hydroxylation is 1. The Bertz CT molecular complexity index is 857. The first-order chi connectivity index (χ1) is 14.7. The maximum absolute atomic E-state index is 13.0. The minimum absolute atomic E-state index is 0.0724. The van der Waals surface area contributed by atoms with Crippen molar-refractivity contribution in [1.29, 1.82) is 0 Å². The van der Waals surface area contributed by atoms with Crippen LogP contribution in [0, 0.1) is 0 Å². The lowest BCUT2D eigenvalue weighted by Crippen LogP contribution is -2.39. The quantitative estimate of drug-likeness (QED) is 0.568. The van der Waals surface area contributed by atoms with Gasteiger partial charge >= 0.3 is 6.09 Å². The number of nitrogens with zero attached hydrogens (tertiary/aromatic N) is 1. The zero-order valence-electron chi connectivity index (χ0n) is 19.2. The number of methoxy groups -OCH3 is 1. The van der Waals surface area contributed by atoms with Crippen molar-refractivity contribution in [3.63, 3.8) is 0 Å². The molecule has 168 valence electrons. The van der Waals surface area contributed by atoms with E-state index in [1.54, 1.807) is 7.11 Å². The highest BCUT2D eigenvalue weighted by Gasteiger charge is 2.18. The number of rotatable bonds is 10. The highest BCUT2D eigenvalue weighted by atomic mass is 16.6. The Hall–Kier alpha value is -2.86. The molecule has 0 spiro atoms. The maximum Gasteiger partial charge on any atom is 0.407 e. The van der Waals surface area contributed by atoms with Crippen molar-refractivity contribution in [3.05, 3.63) is 65.2 Å². The molecule has 0 bridgehead atoms. The molecular weight excluding hydrogens is 392 g/mol. The van der Waals surface area contributed by atoms with E-state index in [0.717, 1.165) is 28.9 Å². The van der Waals surface area contributed by atoms with E-state index in [9.17, 15) is 9.59 Å². The first-order valence-electron chi connectivity index (χ1n) is 10.6. The molecule has 0 radical (unpaired) electrons. The van der Waals surface area contributed by atoms with E-state index in [1.807, 2.05) is 81.1 Å². The number of amides is 1. The van der Waals surface area contributed by atoms with Gasteiger partial charge in [-0.05, 0) is 50.5 Å². The van der Waals surface area contributed by atoms with Crippen LogP contribution in [-0.2, 0) is 17.7 Å². The summed E-state index contributed by atoms with van der Waals surface area (Å²) in [6.45, 7) is 9.27. The molecule has 2 rings (SSSR count). The fourth-order valence-electron chi connectivity index (χ4n) is 3.22. The molecule has 0 aliphatic heterocycles. The Morgan fingerprint density at radius 2 is 1.71 bits per heavy atom. The molecule has 0 aliphatic carbocycles. The molecule has 2 aromatic carbocycles. The lowest BCUT2D eigenvalue weighted by atomic mass is 10.0. The van der Waals surface area contributed by atoms with E-state index in [4.69, 9.17) is 9.47 Å². The van der Waals surface area contributed by atoms with Crippen molar-refractivity contribution in [2.75, 3.05) is 26.7 Å². The van der Waals surface area contributed by atoms with Crippen molar-refractivity contribution < 1.29 is 19.1 Å². The van der Waals surface area contributed by atoms with Crippen molar-refractivity contribution in [2.24, 2.45) is 0 Å². The van der Waals surface area contributed by atoms with Gasteiger partial charge in [0.1, 0.15) is 11.4 Å². The summed E-state index contributed by atoms with van der Waals surface area (Å²) in [5, 5.41) is 2.78. The molecule has 0 saturated heterocycles. The number of ketones is 1. The summed E-state index contributed by atoms with van der Waals surface area (Å²) in [6, 6.07) is 15.5. The van der Waals surface area contributed by atoms with Crippen LogP contribution in [0.15, 0.2) is 48.5 Å². The van der Waals surface area contributed by atoms with Gasteiger partial charge in [0.15, 0.2) is 5.78 Å². The van der Waals surface area contributed by atoms with Crippen LogP contribution < -0.4 is 10.1 Å².